The van der Waals surface area contributed by atoms with E-state index in [1.165, 1.54) is 30.6 Å². The van der Waals surface area contributed by atoms with Gasteiger partial charge in [-0.2, -0.15) is 0 Å². The van der Waals surface area contributed by atoms with Gasteiger partial charge in [-0.3, -0.25) is 4.79 Å². The molecule has 1 saturated carbocycles. The lowest BCUT2D eigenvalue weighted by molar-refractivity contribution is 0.0649. The first-order valence-electron chi connectivity index (χ1n) is 7.72. The maximum absolute atomic E-state index is 12.6. The molecule has 0 spiro atoms. The minimum atomic E-state index is 0.0300. The van der Waals surface area contributed by atoms with Crippen LogP contribution in [0.2, 0.25) is 0 Å². The van der Waals surface area contributed by atoms with Crippen LogP contribution in [-0.2, 0) is 0 Å². The van der Waals surface area contributed by atoms with Crippen LogP contribution in [0.25, 0.3) is 0 Å². The van der Waals surface area contributed by atoms with Crippen LogP contribution in [0.4, 0.5) is 10.9 Å². The third-order valence-corrected chi connectivity index (χ3v) is 5.38. The number of amides is 1. The highest BCUT2D eigenvalue weighted by molar-refractivity contribution is 7.18. The zero-order valence-electron chi connectivity index (χ0n) is 12.5. The zero-order chi connectivity index (χ0) is 14.8. The minimum absolute atomic E-state index is 0.0300. The van der Waals surface area contributed by atoms with E-state index in [-0.39, 0.29) is 5.91 Å². The van der Waals surface area contributed by atoms with Gasteiger partial charge in [-0.05, 0) is 25.8 Å². The van der Waals surface area contributed by atoms with Crippen LogP contribution in [-0.4, -0.2) is 59.5 Å². The second kappa shape index (κ2) is 6.19. The summed E-state index contributed by atoms with van der Waals surface area (Å²) >= 11 is 1.39. The molecule has 1 aromatic heterocycles. The predicted octanol–water partition coefficient (Wildman–Crippen LogP) is 1.47. The summed E-state index contributed by atoms with van der Waals surface area (Å²) in [6.45, 7) is 6.62. The molecule has 21 heavy (non-hydrogen) atoms. The monoisotopic (exact) mass is 309 g/mol. The number of carbonyl (C=O) groups is 1. The molecular weight excluding hydrogens is 286 g/mol. The lowest BCUT2D eigenvalue weighted by atomic mass is 9.93. The molecule has 116 valence electrons. The molecule has 0 atom stereocenters. The molecular formula is C14H23N5OS. The summed E-state index contributed by atoms with van der Waals surface area (Å²) in [6.07, 6.45) is 3.63. The van der Waals surface area contributed by atoms with Crippen molar-refractivity contribution in [2.45, 2.75) is 32.2 Å². The maximum atomic E-state index is 12.6. The molecule has 3 N–H and O–H groups in total. The van der Waals surface area contributed by atoms with Crippen molar-refractivity contribution in [3.8, 4) is 0 Å². The number of nitrogens with two attached hydrogens (primary N) is 1. The van der Waals surface area contributed by atoms with E-state index in [4.69, 9.17) is 5.73 Å². The second-order valence-electron chi connectivity index (χ2n) is 5.73. The fourth-order valence-electron chi connectivity index (χ4n) is 2.68. The highest BCUT2D eigenvalue weighted by atomic mass is 32.1. The number of thiazole rings is 1. The number of nitrogens with zero attached hydrogens (tertiary/aromatic N) is 3. The Balaban J connectivity index is 1.64. The highest BCUT2D eigenvalue weighted by Gasteiger charge is 2.26. The Morgan fingerprint density at radius 2 is 2.10 bits per heavy atom. The van der Waals surface area contributed by atoms with Gasteiger partial charge in [0.05, 0.1) is 0 Å². The lowest BCUT2D eigenvalue weighted by Crippen LogP contribution is -2.48. The molecule has 0 radical (unpaired) electrons. The van der Waals surface area contributed by atoms with E-state index in [1.54, 1.807) is 0 Å². The normalized spacial score (nSPS) is 20.3. The number of piperazine rings is 1. The fraction of sp³-hybridized carbons (Fsp3) is 0.714. The molecule has 0 unspecified atom stereocenters. The summed E-state index contributed by atoms with van der Waals surface area (Å²) in [4.78, 5) is 21.7. The summed E-state index contributed by atoms with van der Waals surface area (Å²) in [5, 5.41) is 4.15. The van der Waals surface area contributed by atoms with Crippen molar-refractivity contribution in [3.63, 3.8) is 0 Å². The summed E-state index contributed by atoms with van der Waals surface area (Å²) in [6, 6.07) is 0.506. The molecule has 3 rings (SSSR count). The third kappa shape index (κ3) is 3.13. The maximum Gasteiger partial charge on any atom is 0.267 e. The molecule has 0 bridgehead atoms. The van der Waals surface area contributed by atoms with Gasteiger partial charge in [0, 0.05) is 32.2 Å². The average molecular weight is 309 g/mol. The number of carbonyl (C=O) groups excluding carboxylic acids is 1. The van der Waals surface area contributed by atoms with Crippen LogP contribution >= 0.6 is 11.3 Å². The van der Waals surface area contributed by atoms with E-state index in [9.17, 15) is 4.79 Å². The van der Waals surface area contributed by atoms with Crippen molar-refractivity contribution in [3.05, 3.63) is 4.88 Å². The van der Waals surface area contributed by atoms with E-state index in [1.807, 2.05) is 4.90 Å². The molecule has 1 aromatic rings. The van der Waals surface area contributed by atoms with Gasteiger partial charge in [0.25, 0.3) is 5.91 Å². The molecule has 1 amide bonds. The zero-order valence-corrected chi connectivity index (χ0v) is 13.3. The number of hydrogen-bond donors (Lipinski definition) is 2. The Hall–Kier alpha value is -1.34. The first kappa shape index (κ1) is 14.6. The van der Waals surface area contributed by atoms with Crippen LogP contribution < -0.4 is 11.1 Å². The Morgan fingerprint density at radius 1 is 1.38 bits per heavy atom. The largest absolute Gasteiger partial charge is 0.382 e. The fourth-order valence-corrected chi connectivity index (χ4v) is 3.61. The summed E-state index contributed by atoms with van der Waals surface area (Å²) in [5.74, 6) is 0.396. The summed E-state index contributed by atoms with van der Waals surface area (Å²) in [7, 11) is 0. The average Bonchev–Trinajstić information content (AvgIpc) is 2.83. The van der Waals surface area contributed by atoms with Gasteiger partial charge < -0.3 is 20.9 Å². The molecule has 2 aliphatic rings. The van der Waals surface area contributed by atoms with Crippen molar-refractivity contribution in [1.82, 2.24) is 14.8 Å². The van der Waals surface area contributed by atoms with Crippen molar-refractivity contribution >= 4 is 28.2 Å². The van der Waals surface area contributed by atoms with Crippen LogP contribution in [0.5, 0.6) is 0 Å². The van der Waals surface area contributed by atoms with Crippen LogP contribution in [0.1, 0.15) is 35.9 Å². The van der Waals surface area contributed by atoms with Crippen LogP contribution in [0.3, 0.4) is 0 Å². The van der Waals surface area contributed by atoms with Gasteiger partial charge in [-0.15, -0.1) is 0 Å². The van der Waals surface area contributed by atoms with Crippen molar-refractivity contribution in [2.24, 2.45) is 0 Å². The number of aromatic nitrogens is 1. The number of rotatable bonds is 4. The first-order chi connectivity index (χ1) is 10.2. The Labute approximate surface area is 129 Å². The quantitative estimate of drug-likeness (QED) is 0.881. The van der Waals surface area contributed by atoms with Crippen LogP contribution in [0, 0.1) is 0 Å². The van der Waals surface area contributed by atoms with Crippen molar-refractivity contribution in [1.29, 1.82) is 0 Å². The van der Waals surface area contributed by atoms with Gasteiger partial charge in [-0.1, -0.05) is 18.3 Å². The van der Waals surface area contributed by atoms with E-state index in [0.717, 1.165) is 37.9 Å². The molecule has 2 heterocycles. The number of hydrogen-bond acceptors (Lipinski definition) is 6. The number of nitrogens with one attached hydrogen (secondary N) is 1. The van der Waals surface area contributed by atoms with E-state index < -0.39 is 0 Å². The summed E-state index contributed by atoms with van der Waals surface area (Å²) < 4.78 is 0. The molecule has 0 aromatic carbocycles. The lowest BCUT2D eigenvalue weighted by Gasteiger charge is -2.33. The third-order valence-electron chi connectivity index (χ3n) is 4.39. The van der Waals surface area contributed by atoms with Gasteiger partial charge in [-0.25, -0.2) is 4.98 Å². The molecule has 2 fully saturated rings. The van der Waals surface area contributed by atoms with Crippen molar-refractivity contribution in [2.75, 3.05) is 43.8 Å². The highest BCUT2D eigenvalue weighted by Crippen LogP contribution is 2.30. The smallest absolute Gasteiger partial charge is 0.267 e. The Morgan fingerprint density at radius 3 is 2.67 bits per heavy atom. The van der Waals surface area contributed by atoms with E-state index in [0.29, 0.717) is 16.7 Å². The minimum Gasteiger partial charge on any atom is -0.382 e. The van der Waals surface area contributed by atoms with Gasteiger partial charge in [0.1, 0.15) is 10.7 Å². The predicted molar refractivity (Wildman–Crippen MR) is 85.8 cm³/mol. The molecule has 1 saturated heterocycles. The van der Waals surface area contributed by atoms with Gasteiger partial charge in [0.2, 0.25) is 0 Å². The summed E-state index contributed by atoms with van der Waals surface area (Å²) in [5.41, 5.74) is 5.94. The number of likely N-dealkylation sites (N-methyl/N-ethyl adjacent to an activating group) is 1. The molecule has 6 nitrogen and oxygen atoms in total. The molecule has 7 heteroatoms. The Bertz CT molecular complexity index is 505. The number of anilines is 2. The van der Waals surface area contributed by atoms with E-state index >= 15 is 0 Å². The Kier molecular flexibility index (Phi) is 4.30. The van der Waals surface area contributed by atoms with Gasteiger partial charge in [0.15, 0.2) is 5.13 Å². The SMILES string of the molecule is CCN1CCN(C(=O)c2sc(NC3CCC3)nc2N)CC1. The molecule has 1 aliphatic heterocycles. The van der Waals surface area contributed by atoms with E-state index in [2.05, 4.69) is 22.1 Å². The first-order valence-corrected chi connectivity index (χ1v) is 8.53. The number of nitrogen functional groups attached to an aromatic ring is 1. The molecule has 1 aliphatic carbocycles. The second-order valence-corrected chi connectivity index (χ2v) is 6.73. The standard InChI is InChI=1S/C14H23N5OS/c1-2-18-6-8-19(9-7-18)13(20)11-12(15)17-14(21-11)16-10-4-3-5-10/h10H,2-9,15H2,1H3,(H,16,17). The van der Waals surface area contributed by atoms with Gasteiger partial charge >= 0.3 is 0 Å². The topological polar surface area (TPSA) is 74.5 Å². The van der Waals surface area contributed by atoms with Crippen LogP contribution in [0.15, 0.2) is 0 Å². The van der Waals surface area contributed by atoms with Crippen molar-refractivity contribution < 1.29 is 4.79 Å².